The van der Waals surface area contributed by atoms with Crippen LogP contribution in [0.25, 0.3) is 0 Å². The predicted octanol–water partition coefficient (Wildman–Crippen LogP) is 1.09. The minimum atomic E-state index is -0.513. The van der Waals surface area contributed by atoms with Crippen molar-refractivity contribution in [2.24, 2.45) is 0 Å². The summed E-state index contributed by atoms with van der Waals surface area (Å²) in [6.07, 6.45) is 0. The average molecular weight is 265 g/mol. The van der Waals surface area contributed by atoms with Crippen LogP contribution in [0.15, 0.2) is 24.3 Å². The Morgan fingerprint density at radius 3 is 2.42 bits per heavy atom. The lowest BCUT2D eigenvalue weighted by Crippen LogP contribution is -2.49. The van der Waals surface area contributed by atoms with Crippen molar-refractivity contribution in [2.75, 3.05) is 27.6 Å². The molecule has 0 aliphatic carbocycles. The highest BCUT2D eigenvalue weighted by Crippen LogP contribution is 2.06. The number of carbonyl (C=O) groups excluding carboxylic acids is 1. The fraction of sp³-hybridized carbons (Fsp3) is 0.462. The molecule has 1 aromatic rings. The molecular weight excluding hydrogens is 245 g/mol. The molecule has 1 aromatic carbocycles. The molecule has 0 radical (unpaired) electrons. The number of hydrogen-bond donors (Lipinski definition) is 0. The van der Waals surface area contributed by atoms with Crippen molar-refractivity contribution in [1.82, 2.24) is 4.90 Å². The molecule has 0 saturated carbocycles. The van der Waals surface area contributed by atoms with E-state index < -0.39 is 7.12 Å². The molecule has 0 unspecified atom stereocenters. The number of benzene rings is 1. The van der Waals surface area contributed by atoms with E-state index in [0.717, 1.165) is 0 Å². The van der Waals surface area contributed by atoms with Crippen LogP contribution in [0.2, 0.25) is 0 Å². The smallest absolute Gasteiger partial charge is 0.465 e. The Balaban J connectivity index is 0.000000861. The first-order valence-corrected chi connectivity index (χ1v) is 6.31. The number of rotatable bonds is 2. The zero-order chi connectivity index (χ0) is 14.3. The van der Waals surface area contributed by atoms with Gasteiger partial charge in [0.2, 0.25) is 0 Å². The van der Waals surface area contributed by atoms with Gasteiger partial charge in [0.05, 0.1) is 26.1 Å². The molecule has 1 heterocycles. The summed E-state index contributed by atoms with van der Waals surface area (Å²) in [5, 5.41) is 0. The maximum Gasteiger partial charge on any atom is 0.496 e. The van der Waals surface area contributed by atoms with Crippen molar-refractivity contribution < 1.29 is 18.8 Å². The lowest BCUT2D eigenvalue weighted by molar-refractivity contribution is 0.00297. The van der Waals surface area contributed by atoms with Crippen molar-refractivity contribution in [3.63, 3.8) is 0 Å². The Bertz CT molecular complexity index is 405. The lowest BCUT2D eigenvalue weighted by Gasteiger charge is -2.28. The molecule has 0 N–H and O–H groups in total. The van der Waals surface area contributed by atoms with Crippen LogP contribution in [0.4, 0.5) is 0 Å². The molecular formula is C13H20BNO4. The predicted molar refractivity (Wildman–Crippen MR) is 74.2 cm³/mol. The Hall–Kier alpha value is -1.37. The van der Waals surface area contributed by atoms with Crippen molar-refractivity contribution in [2.45, 2.75) is 13.8 Å². The number of ether oxygens (including phenoxy) is 1. The molecule has 0 atom stereocenters. The first-order valence-electron chi connectivity index (χ1n) is 6.31. The molecule has 5 nitrogen and oxygen atoms in total. The molecule has 1 aliphatic rings. The molecule has 0 aromatic heterocycles. The second-order valence-electron chi connectivity index (χ2n) is 3.86. The van der Waals surface area contributed by atoms with Gasteiger partial charge in [-0.25, -0.2) is 4.79 Å². The molecule has 1 aliphatic heterocycles. The van der Waals surface area contributed by atoms with Crippen LogP contribution < -0.4 is 5.46 Å². The molecule has 0 amide bonds. The Kier molecular flexibility index (Phi) is 6.55. The highest BCUT2D eigenvalue weighted by molar-refractivity contribution is 6.63. The quantitative estimate of drug-likeness (QED) is 0.591. The molecule has 2 rings (SSSR count). The van der Waals surface area contributed by atoms with Gasteiger partial charge in [0, 0.05) is 0 Å². The van der Waals surface area contributed by atoms with E-state index in [1.54, 1.807) is 12.1 Å². The van der Waals surface area contributed by atoms with Gasteiger partial charge in [-0.05, 0) is 18.6 Å². The molecule has 0 spiro atoms. The summed E-state index contributed by atoms with van der Waals surface area (Å²) in [5.41, 5.74) is 1.18. The third-order valence-corrected chi connectivity index (χ3v) is 2.51. The van der Waals surface area contributed by atoms with Gasteiger partial charge in [-0.3, -0.25) is 4.90 Å². The molecule has 104 valence electrons. The Morgan fingerprint density at radius 1 is 1.26 bits per heavy atom. The standard InChI is InChI=1S/C11H14BNO4.C2H6/c1-13-7-16-12(17-8-13)10-6-4-3-5-9(10)11(14)15-2;1-2/h3-6H,7-8H2,1-2H3;1-2H3. The second kappa shape index (κ2) is 7.94. The highest BCUT2D eigenvalue weighted by Gasteiger charge is 2.30. The molecule has 0 bridgehead atoms. The Morgan fingerprint density at radius 2 is 1.84 bits per heavy atom. The summed E-state index contributed by atoms with van der Waals surface area (Å²) in [7, 11) is 2.74. The number of nitrogens with zero attached hydrogens (tertiary/aromatic N) is 1. The largest absolute Gasteiger partial charge is 0.496 e. The van der Waals surface area contributed by atoms with E-state index in [-0.39, 0.29) is 5.97 Å². The number of esters is 1. The van der Waals surface area contributed by atoms with Gasteiger partial charge >= 0.3 is 13.1 Å². The van der Waals surface area contributed by atoms with Crippen LogP contribution in [0.1, 0.15) is 24.2 Å². The van der Waals surface area contributed by atoms with Gasteiger partial charge in [0.15, 0.2) is 0 Å². The van der Waals surface area contributed by atoms with Gasteiger partial charge in [-0.1, -0.05) is 32.0 Å². The first-order chi connectivity index (χ1) is 9.22. The topological polar surface area (TPSA) is 48.0 Å². The normalized spacial score (nSPS) is 15.5. The van der Waals surface area contributed by atoms with Crippen molar-refractivity contribution >= 4 is 18.6 Å². The third-order valence-electron chi connectivity index (χ3n) is 2.51. The summed E-state index contributed by atoms with van der Waals surface area (Å²) < 4.78 is 15.7. The third kappa shape index (κ3) is 4.06. The van der Waals surface area contributed by atoms with Gasteiger partial charge < -0.3 is 14.0 Å². The van der Waals surface area contributed by atoms with Crippen LogP contribution in [0, 0.1) is 0 Å². The maximum atomic E-state index is 11.6. The maximum absolute atomic E-state index is 11.6. The highest BCUT2D eigenvalue weighted by atomic mass is 16.6. The Labute approximate surface area is 114 Å². The van der Waals surface area contributed by atoms with Gasteiger partial charge in [-0.15, -0.1) is 0 Å². The van der Waals surface area contributed by atoms with Crippen molar-refractivity contribution in [1.29, 1.82) is 0 Å². The fourth-order valence-electron chi connectivity index (χ4n) is 1.65. The molecule has 1 fully saturated rings. The summed E-state index contributed by atoms with van der Waals surface area (Å²) in [6, 6.07) is 7.13. The zero-order valence-electron chi connectivity index (χ0n) is 11.9. The molecule has 6 heteroatoms. The minimum absolute atomic E-state index is 0.383. The average Bonchev–Trinajstić information content (AvgIpc) is 2.49. The van der Waals surface area contributed by atoms with Gasteiger partial charge in [-0.2, -0.15) is 0 Å². The van der Waals surface area contributed by atoms with E-state index in [2.05, 4.69) is 0 Å². The summed E-state index contributed by atoms with van der Waals surface area (Å²) >= 11 is 0. The summed E-state index contributed by atoms with van der Waals surface area (Å²) in [5.74, 6) is -0.383. The van der Waals surface area contributed by atoms with Crippen LogP contribution in [-0.4, -0.2) is 45.6 Å². The number of hydrogen-bond acceptors (Lipinski definition) is 5. The van der Waals surface area contributed by atoms with Crippen LogP contribution in [0.3, 0.4) is 0 Å². The van der Waals surface area contributed by atoms with E-state index in [9.17, 15) is 4.79 Å². The van der Waals surface area contributed by atoms with Crippen LogP contribution >= 0.6 is 0 Å². The van der Waals surface area contributed by atoms with Crippen LogP contribution in [0.5, 0.6) is 0 Å². The van der Waals surface area contributed by atoms with E-state index in [0.29, 0.717) is 24.5 Å². The lowest BCUT2D eigenvalue weighted by atomic mass is 9.75. The van der Waals surface area contributed by atoms with Gasteiger partial charge in [0.25, 0.3) is 0 Å². The van der Waals surface area contributed by atoms with E-state index in [1.165, 1.54) is 7.11 Å². The van der Waals surface area contributed by atoms with Crippen molar-refractivity contribution in [3.8, 4) is 0 Å². The van der Waals surface area contributed by atoms with E-state index in [4.69, 9.17) is 14.0 Å². The summed E-state index contributed by atoms with van der Waals surface area (Å²) in [4.78, 5) is 13.5. The van der Waals surface area contributed by atoms with Crippen LogP contribution in [-0.2, 0) is 14.0 Å². The molecule has 19 heavy (non-hydrogen) atoms. The fourth-order valence-corrected chi connectivity index (χ4v) is 1.65. The molecule has 1 saturated heterocycles. The van der Waals surface area contributed by atoms with Crippen molar-refractivity contribution in [3.05, 3.63) is 29.8 Å². The summed E-state index contributed by atoms with van der Waals surface area (Å²) in [6.45, 7) is 4.94. The zero-order valence-corrected chi connectivity index (χ0v) is 11.9. The van der Waals surface area contributed by atoms with E-state index in [1.807, 2.05) is 37.9 Å². The SMILES string of the molecule is CC.COC(=O)c1ccccc1B1OCN(C)CO1. The number of carbonyl (C=O) groups is 1. The second-order valence-corrected chi connectivity index (χ2v) is 3.86. The van der Waals surface area contributed by atoms with E-state index >= 15 is 0 Å². The first kappa shape index (κ1) is 15.7. The monoisotopic (exact) mass is 265 g/mol. The number of methoxy groups -OCH3 is 1. The van der Waals surface area contributed by atoms with Gasteiger partial charge in [0.1, 0.15) is 0 Å². The minimum Gasteiger partial charge on any atom is -0.465 e.